The molecule has 1 saturated heterocycles. The fraction of sp³-hybridized carbons (Fsp3) is 0.227. The third kappa shape index (κ3) is 4.07. The first kappa shape index (κ1) is 21.1. The SMILES string of the molecule is CN1CC(NC(=O)c2ccc3c(Cl)cnc(-c4c(F)cc(F)cc4F)c3c2)CCC1=O. The lowest BCUT2D eigenvalue weighted by atomic mass is 10.00. The molecule has 0 radical (unpaired) electrons. The Bertz CT molecular complexity index is 1200. The zero-order chi connectivity index (χ0) is 22.3. The Balaban J connectivity index is 1.74. The topological polar surface area (TPSA) is 62.3 Å². The molecule has 1 aliphatic heterocycles. The van der Waals surface area contributed by atoms with Gasteiger partial charge in [0.1, 0.15) is 17.5 Å². The van der Waals surface area contributed by atoms with Crippen LogP contribution in [0.4, 0.5) is 13.2 Å². The minimum atomic E-state index is -1.11. The number of pyridine rings is 1. The highest BCUT2D eigenvalue weighted by molar-refractivity contribution is 6.35. The minimum Gasteiger partial charge on any atom is -0.348 e. The molecule has 2 aromatic carbocycles. The summed E-state index contributed by atoms with van der Waals surface area (Å²) in [5, 5.41) is 3.80. The molecule has 2 amide bonds. The van der Waals surface area contributed by atoms with Crippen LogP contribution >= 0.6 is 11.6 Å². The number of nitrogens with one attached hydrogen (secondary N) is 1. The van der Waals surface area contributed by atoms with Crippen LogP contribution in [-0.2, 0) is 4.79 Å². The number of hydrogen-bond acceptors (Lipinski definition) is 3. The Morgan fingerprint density at radius 1 is 1.16 bits per heavy atom. The molecule has 5 nitrogen and oxygen atoms in total. The number of fused-ring (bicyclic) bond motifs is 1. The Labute approximate surface area is 180 Å². The Morgan fingerprint density at radius 3 is 2.55 bits per heavy atom. The molecule has 160 valence electrons. The summed E-state index contributed by atoms with van der Waals surface area (Å²) in [6.07, 6.45) is 2.11. The van der Waals surface area contributed by atoms with Crippen molar-refractivity contribution < 1.29 is 22.8 Å². The first-order valence-electron chi connectivity index (χ1n) is 9.52. The highest BCUT2D eigenvalue weighted by atomic mass is 35.5. The molecule has 3 aromatic rings. The van der Waals surface area contributed by atoms with Crippen molar-refractivity contribution in [1.29, 1.82) is 0 Å². The van der Waals surface area contributed by atoms with Gasteiger partial charge in [0.05, 0.1) is 16.3 Å². The van der Waals surface area contributed by atoms with Crippen molar-refractivity contribution in [3.05, 3.63) is 64.6 Å². The number of carbonyl (C=O) groups excluding carboxylic acids is 2. The molecule has 31 heavy (non-hydrogen) atoms. The molecule has 1 unspecified atom stereocenters. The Hall–Kier alpha value is -3.13. The van der Waals surface area contributed by atoms with Crippen molar-refractivity contribution in [2.24, 2.45) is 0 Å². The van der Waals surface area contributed by atoms with E-state index < -0.39 is 28.9 Å². The molecule has 0 aliphatic carbocycles. The van der Waals surface area contributed by atoms with Crippen LogP contribution in [0.15, 0.2) is 36.5 Å². The summed E-state index contributed by atoms with van der Waals surface area (Å²) in [6.45, 7) is 0.392. The summed E-state index contributed by atoms with van der Waals surface area (Å²) in [5.74, 6) is -3.66. The van der Waals surface area contributed by atoms with E-state index >= 15 is 0 Å². The average Bonchev–Trinajstić information content (AvgIpc) is 2.71. The van der Waals surface area contributed by atoms with Crippen molar-refractivity contribution in [2.75, 3.05) is 13.6 Å². The standard InChI is InChI=1S/C22H17ClF3N3O2/c1-29-10-13(3-5-19(29)30)28-22(31)11-2-4-14-15(6-11)21(27-9-16(14)23)20-17(25)7-12(24)8-18(20)26/h2,4,6-9,13H,3,5,10H2,1H3,(H,28,31). The van der Waals surface area contributed by atoms with E-state index in [0.717, 1.165) is 0 Å². The van der Waals surface area contributed by atoms with E-state index in [2.05, 4.69) is 10.3 Å². The number of amides is 2. The molecule has 4 rings (SSSR count). The van der Waals surface area contributed by atoms with Gasteiger partial charge in [-0.25, -0.2) is 13.2 Å². The lowest BCUT2D eigenvalue weighted by Gasteiger charge is -2.30. The van der Waals surface area contributed by atoms with Crippen molar-refractivity contribution in [3.63, 3.8) is 0 Å². The summed E-state index contributed by atoms with van der Waals surface area (Å²) in [6, 6.07) is 5.47. The third-order valence-electron chi connectivity index (χ3n) is 5.31. The summed E-state index contributed by atoms with van der Waals surface area (Å²) >= 11 is 6.19. The Kier molecular flexibility index (Phi) is 5.58. The van der Waals surface area contributed by atoms with Crippen LogP contribution < -0.4 is 5.32 Å². The second-order valence-corrected chi connectivity index (χ2v) is 7.85. The van der Waals surface area contributed by atoms with Gasteiger partial charge in [0, 0.05) is 60.7 Å². The van der Waals surface area contributed by atoms with Gasteiger partial charge in [-0.3, -0.25) is 14.6 Å². The molecule has 0 spiro atoms. The van der Waals surface area contributed by atoms with Crippen LogP contribution in [0.1, 0.15) is 23.2 Å². The molecule has 1 fully saturated rings. The van der Waals surface area contributed by atoms with Gasteiger partial charge in [-0.1, -0.05) is 17.7 Å². The summed E-state index contributed by atoms with van der Waals surface area (Å²) in [5.41, 5.74) is -0.361. The number of carbonyl (C=O) groups is 2. The molecular weight excluding hydrogens is 431 g/mol. The maximum Gasteiger partial charge on any atom is 0.251 e. The maximum absolute atomic E-state index is 14.4. The number of piperidine rings is 1. The van der Waals surface area contributed by atoms with E-state index in [1.54, 1.807) is 24.1 Å². The zero-order valence-electron chi connectivity index (χ0n) is 16.4. The van der Waals surface area contributed by atoms with Crippen LogP contribution in [0.5, 0.6) is 0 Å². The van der Waals surface area contributed by atoms with E-state index in [1.165, 1.54) is 12.3 Å². The second kappa shape index (κ2) is 8.19. The molecule has 1 atom stereocenters. The number of likely N-dealkylation sites (N-methyl/N-ethyl adjacent to an activating group) is 1. The van der Waals surface area contributed by atoms with E-state index in [1.807, 2.05) is 0 Å². The van der Waals surface area contributed by atoms with Crippen LogP contribution in [-0.4, -0.2) is 41.3 Å². The smallest absolute Gasteiger partial charge is 0.251 e. The molecule has 1 aliphatic rings. The molecule has 9 heteroatoms. The molecule has 0 bridgehead atoms. The van der Waals surface area contributed by atoms with Crippen LogP contribution in [0, 0.1) is 17.5 Å². The van der Waals surface area contributed by atoms with E-state index in [9.17, 15) is 22.8 Å². The van der Waals surface area contributed by atoms with Gasteiger partial charge in [-0.2, -0.15) is 0 Å². The number of benzene rings is 2. The van der Waals surface area contributed by atoms with Gasteiger partial charge >= 0.3 is 0 Å². The van der Waals surface area contributed by atoms with E-state index in [4.69, 9.17) is 11.6 Å². The van der Waals surface area contributed by atoms with Crippen molar-refractivity contribution in [3.8, 4) is 11.3 Å². The number of likely N-dealkylation sites (tertiary alicyclic amines) is 1. The summed E-state index contributed by atoms with van der Waals surface area (Å²) < 4.78 is 42.1. The largest absolute Gasteiger partial charge is 0.348 e. The number of hydrogen-bond donors (Lipinski definition) is 1. The lowest BCUT2D eigenvalue weighted by Crippen LogP contribution is -2.48. The summed E-state index contributed by atoms with van der Waals surface area (Å²) in [4.78, 5) is 30.0. The minimum absolute atomic E-state index is 0.0184. The van der Waals surface area contributed by atoms with Gasteiger partial charge in [-0.05, 0) is 18.6 Å². The summed E-state index contributed by atoms with van der Waals surface area (Å²) in [7, 11) is 1.67. The number of aromatic nitrogens is 1. The van der Waals surface area contributed by atoms with Gasteiger partial charge in [0.15, 0.2) is 0 Å². The van der Waals surface area contributed by atoms with Crippen LogP contribution in [0.25, 0.3) is 22.0 Å². The van der Waals surface area contributed by atoms with Gasteiger partial charge in [-0.15, -0.1) is 0 Å². The number of rotatable bonds is 3. The molecule has 1 N–H and O–H groups in total. The first-order valence-corrected chi connectivity index (χ1v) is 9.90. The van der Waals surface area contributed by atoms with Crippen LogP contribution in [0.2, 0.25) is 5.02 Å². The van der Waals surface area contributed by atoms with Crippen molar-refractivity contribution in [1.82, 2.24) is 15.2 Å². The van der Waals surface area contributed by atoms with Crippen molar-refractivity contribution in [2.45, 2.75) is 18.9 Å². The quantitative estimate of drug-likeness (QED) is 0.650. The lowest BCUT2D eigenvalue weighted by molar-refractivity contribution is -0.132. The normalized spacial score (nSPS) is 16.6. The number of nitrogens with zero attached hydrogens (tertiary/aromatic N) is 2. The predicted octanol–water partition coefficient (Wildman–Crippen LogP) is 4.32. The number of halogens is 4. The fourth-order valence-electron chi connectivity index (χ4n) is 3.72. The second-order valence-electron chi connectivity index (χ2n) is 7.44. The fourth-order valence-corrected chi connectivity index (χ4v) is 3.93. The van der Waals surface area contributed by atoms with E-state index in [0.29, 0.717) is 36.9 Å². The van der Waals surface area contributed by atoms with Gasteiger partial charge in [0.25, 0.3) is 5.91 Å². The molecular formula is C22H17ClF3N3O2. The third-order valence-corrected chi connectivity index (χ3v) is 5.61. The monoisotopic (exact) mass is 447 g/mol. The maximum atomic E-state index is 14.4. The predicted molar refractivity (Wildman–Crippen MR) is 110 cm³/mol. The average molecular weight is 448 g/mol. The van der Waals surface area contributed by atoms with Gasteiger partial charge < -0.3 is 10.2 Å². The molecule has 1 aromatic heterocycles. The molecule has 2 heterocycles. The zero-order valence-corrected chi connectivity index (χ0v) is 17.1. The first-order chi connectivity index (χ1) is 14.7. The molecule has 0 saturated carbocycles. The van der Waals surface area contributed by atoms with Crippen molar-refractivity contribution >= 4 is 34.2 Å². The van der Waals surface area contributed by atoms with Crippen LogP contribution in [0.3, 0.4) is 0 Å². The van der Waals surface area contributed by atoms with E-state index in [-0.39, 0.29) is 33.6 Å². The van der Waals surface area contributed by atoms with Gasteiger partial charge in [0.2, 0.25) is 5.91 Å². The Morgan fingerprint density at radius 2 is 1.87 bits per heavy atom. The highest BCUT2D eigenvalue weighted by Gasteiger charge is 2.25. The highest BCUT2D eigenvalue weighted by Crippen LogP contribution is 2.34.